The number of carbonyl (C=O) groups is 3. The van der Waals surface area contributed by atoms with Gasteiger partial charge in [0.1, 0.15) is 5.75 Å². The van der Waals surface area contributed by atoms with E-state index in [2.05, 4.69) is 5.32 Å². The minimum atomic E-state index is -1.63. The maximum atomic E-state index is 11.8. The van der Waals surface area contributed by atoms with E-state index >= 15 is 0 Å². The number of Topliss-reactive ketones (excluding diaryl/α,β-unsaturated/α-hetero) is 1. The number of carboxylic acid groups (broad SMARTS) is 1. The van der Waals surface area contributed by atoms with E-state index in [1.54, 1.807) is 6.92 Å². The van der Waals surface area contributed by atoms with Crippen molar-refractivity contribution in [1.82, 2.24) is 0 Å². The number of aliphatic carboxylic acids is 1. The highest BCUT2D eigenvalue weighted by Crippen LogP contribution is 2.30. The molecule has 0 saturated carbocycles. The summed E-state index contributed by atoms with van der Waals surface area (Å²) in [5.41, 5.74) is 5.68. The molecule has 7 nitrogen and oxygen atoms in total. The number of hydrogen-bond acceptors (Lipinski definition) is 5. The number of benzene rings is 1. The Bertz CT molecular complexity index is 569. The lowest BCUT2D eigenvalue weighted by molar-refractivity contribution is -0.137. The van der Waals surface area contributed by atoms with E-state index < -0.39 is 23.9 Å². The molecule has 7 heteroatoms. The number of carboxylic acids is 1. The number of fused-ring (bicyclic) bond motifs is 1. The van der Waals surface area contributed by atoms with Crippen molar-refractivity contribution >= 4 is 23.3 Å². The van der Waals surface area contributed by atoms with Crippen molar-refractivity contribution in [2.45, 2.75) is 19.1 Å². The van der Waals surface area contributed by atoms with E-state index in [1.807, 2.05) is 0 Å². The second-order valence-electron chi connectivity index (χ2n) is 4.14. The van der Waals surface area contributed by atoms with Crippen molar-refractivity contribution in [1.29, 1.82) is 0 Å². The molecule has 0 aromatic heterocycles. The smallest absolute Gasteiger partial charge is 0.328 e. The first-order chi connectivity index (χ1) is 8.90. The van der Waals surface area contributed by atoms with Crippen LogP contribution in [0.3, 0.4) is 0 Å². The molecule has 1 aromatic rings. The molecule has 100 valence electrons. The number of carbonyl (C=O) groups excluding carboxylic acids is 2. The van der Waals surface area contributed by atoms with Crippen LogP contribution in [0.2, 0.25) is 0 Å². The van der Waals surface area contributed by atoms with Crippen LogP contribution >= 0.6 is 0 Å². The third kappa shape index (κ3) is 2.41. The molecule has 1 heterocycles. The van der Waals surface area contributed by atoms with Gasteiger partial charge in [-0.1, -0.05) is 0 Å². The van der Waals surface area contributed by atoms with Gasteiger partial charge in [0, 0.05) is 5.56 Å². The summed E-state index contributed by atoms with van der Waals surface area (Å²) < 4.78 is 5.32. The Balaban J connectivity index is 2.32. The highest BCUT2D eigenvalue weighted by Gasteiger charge is 2.27. The van der Waals surface area contributed by atoms with Crippen LogP contribution in [0, 0.1) is 0 Å². The lowest BCUT2D eigenvalue weighted by Gasteiger charge is -2.23. The van der Waals surface area contributed by atoms with Gasteiger partial charge in [0.15, 0.2) is 17.9 Å². The van der Waals surface area contributed by atoms with E-state index in [-0.39, 0.29) is 11.5 Å². The zero-order chi connectivity index (χ0) is 14.2. The Morgan fingerprint density at radius 1 is 1.47 bits per heavy atom. The second kappa shape index (κ2) is 4.69. The van der Waals surface area contributed by atoms with E-state index in [0.29, 0.717) is 11.4 Å². The largest absolute Gasteiger partial charge is 0.480 e. The molecule has 2 unspecified atom stereocenters. The van der Waals surface area contributed by atoms with Gasteiger partial charge < -0.3 is 20.9 Å². The number of nitrogens with one attached hydrogen (secondary N) is 1. The third-order valence-corrected chi connectivity index (χ3v) is 2.74. The van der Waals surface area contributed by atoms with Gasteiger partial charge in [-0.25, -0.2) is 0 Å². The van der Waals surface area contributed by atoms with Crippen LogP contribution in [0.1, 0.15) is 17.3 Å². The third-order valence-electron chi connectivity index (χ3n) is 2.74. The van der Waals surface area contributed by atoms with Crippen LogP contribution in [0.15, 0.2) is 18.2 Å². The molecule has 0 spiro atoms. The fourth-order valence-corrected chi connectivity index (χ4v) is 1.65. The molecule has 0 fully saturated rings. The Morgan fingerprint density at radius 3 is 2.79 bits per heavy atom. The molecule has 2 rings (SSSR count). The van der Waals surface area contributed by atoms with Gasteiger partial charge in [-0.05, 0) is 25.1 Å². The van der Waals surface area contributed by atoms with Crippen molar-refractivity contribution in [2.75, 3.05) is 5.32 Å². The summed E-state index contributed by atoms with van der Waals surface area (Å²) in [6.07, 6.45) is -0.615. The molecule has 1 aliphatic heterocycles. The van der Waals surface area contributed by atoms with Crippen molar-refractivity contribution in [3.05, 3.63) is 23.8 Å². The summed E-state index contributed by atoms with van der Waals surface area (Å²) in [6.45, 7) is 1.59. The lowest BCUT2D eigenvalue weighted by Crippen LogP contribution is -2.39. The van der Waals surface area contributed by atoms with Gasteiger partial charge in [-0.15, -0.1) is 0 Å². The molecule has 2 atom stereocenters. The van der Waals surface area contributed by atoms with Gasteiger partial charge in [0.25, 0.3) is 5.91 Å². The number of amides is 1. The van der Waals surface area contributed by atoms with Gasteiger partial charge in [0.05, 0.1) is 5.69 Å². The standard InChI is InChI=1S/C12H12N2O5/c1-5-11(16)14-7-4-6(2-3-8(7)19-5)10(15)9(13)12(17)18/h2-5,9H,13H2,1H3,(H,14,16)(H,17,18). The second-order valence-corrected chi connectivity index (χ2v) is 4.14. The van der Waals surface area contributed by atoms with E-state index in [9.17, 15) is 14.4 Å². The fourth-order valence-electron chi connectivity index (χ4n) is 1.65. The first-order valence-electron chi connectivity index (χ1n) is 5.54. The molecule has 19 heavy (non-hydrogen) atoms. The number of hydrogen-bond donors (Lipinski definition) is 3. The highest BCUT2D eigenvalue weighted by molar-refractivity contribution is 6.12. The molecule has 0 bridgehead atoms. The minimum Gasteiger partial charge on any atom is -0.480 e. The first-order valence-corrected chi connectivity index (χ1v) is 5.54. The molecular weight excluding hydrogens is 252 g/mol. The predicted octanol–water partition coefficient (Wildman–Crippen LogP) is 0.000600. The number of nitrogens with two attached hydrogens (primary N) is 1. The summed E-state index contributed by atoms with van der Waals surface area (Å²) in [6, 6.07) is 2.63. The number of anilines is 1. The summed E-state index contributed by atoms with van der Waals surface area (Å²) in [5, 5.41) is 11.3. The Morgan fingerprint density at radius 2 is 2.16 bits per heavy atom. The van der Waals surface area contributed by atoms with Gasteiger partial charge in [-0.2, -0.15) is 0 Å². The van der Waals surface area contributed by atoms with Crippen LogP contribution in [-0.2, 0) is 9.59 Å². The zero-order valence-corrected chi connectivity index (χ0v) is 10.0. The highest BCUT2D eigenvalue weighted by atomic mass is 16.5. The van der Waals surface area contributed by atoms with Gasteiger partial charge in [-0.3, -0.25) is 14.4 Å². The molecule has 0 saturated heterocycles. The van der Waals surface area contributed by atoms with Crippen LogP contribution in [0.5, 0.6) is 5.75 Å². The van der Waals surface area contributed by atoms with E-state index in [0.717, 1.165) is 0 Å². The Kier molecular flexibility index (Phi) is 3.22. The van der Waals surface area contributed by atoms with Gasteiger partial charge in [0.2, 0.25) is 0 Å². The minimum absolute atomic E-state index is 0.104. The normalized spacial score (nSPS) is 18.8. The lowest BCUT2D eigenvalue weighted by atomic mass is 10.0. The average molecular weight is 264 g/mol. The monoisotopic (exact) mass is 264 g/mol. The van der Waals surface area contributed by atoms with Crippen molar-refractivity contribution < 1.29 is 24.2 Å². The maximum Gasteiger partial charge on any atom is 0.328 e. The Hall–Kier alpha value is -2.41. The van der Waals surface area contributed by atoms with Crippen LogP contribution in [-0.4, -0.2) is 34.9 Å². The molecule has 0 aliphatic carbocycles. The molecule has 1 aromatic carbocycles. The van der Waals surface area contributed by atoms with Crippen molar-refractivity contribution in [3.63, 3.8) is 0 Å². The van der Waals surface area contributed by atoms with Crippen molar-refractivity contribution in [3.8, 4) is 5.75 Å². The average Bonchev–Trinajstić information content (AvgIpc) is 2.37. The van der Waals surface area contributed by atoms with Crippen LogP contribution in [0.25, 0.3) is 0 Å². The molecule has 1 aliphatic rings. The molecule has 1 amide bonds. The van der Waals surface area contributed by atoms with Crippen LogP contribution in [0.4, 0.5) is 5.69 Å². The van der Waals surface area contributed by atoms with Crippen LogP contribution < -0.4 is 15.8 Å². The number of ketones is 1. The van der Waals surface area contributed by atoms with Crippen molar-refractivity contribution in [2.24, 2.45) is 5.73 Å². The maximum absolute atomic E-state index is 11.8. The fraction of sp³-hybridized carbons (Fsp3) is 0.250. The zero-order valence-electron chi connectivity index (χ0n) is 10.0. The van der Waals surface area contributed by atoms with E-state index in [4.69, 9.17) is 15.6 Å². The number of ether oxygens (including phenoxy) is 1. The summed E-state index contributed by atoms with van der Waals surface area (Å²) in [7, 11) is 0. The molecule has 0 radical (unpaired) electrons. The SMILES string of the molecule is CC1Oc2ccc(C(=O)C(N)C(=O)O)cc2NC1=O. The Labute approximate surface area is 108 Å². The van der Waals surface area contributed by atoms with E-state index in [1.165, 1.54) is 18.2 Å². The predicted molar refractivity (Wildman–Crippen MR) is 65.1 cm³/mol. The number of rotatable bonds is 3. The molecular formula is C12H12N2O5. The quantitative estimate of drug-likeness (QED) is 0.522. The summed E-state index contributed by atoms with van der Waals surface area (Å²) in [5.74, 6) is -2.05. The summed E-state index contributed by atoms with van der Waals surface area (Å²) >= 11 is 0. The molecule has 4 N–H and O–H groups in total. The topological polar surface area (TPSA) is 119 Å². The summed E-state index contributed by atoms with van der Waals surface area (Å²) in [4.78, 5) is 33.9. The van der Waals surface area contributed by atoms with Gasteiger partial charge >= 0.3 is 5.97 Å². The first kappa shape index (κ1) is 13.0.